The molecule has 2 heterocycles. The van der Waals surface area contributed by atoms with E-state index in [1.165, 1.54) is 23.5 Å². The molecule has 3 rings (SSSR count). The van der Waals surface area contributed by atoms with Crippen LogP contribution in [0.1, 0.15) is 19.8 Å². The van der Waals surface area contributed by atoms with Gasteiger partial charge in [-0.3, -0.25) is 14.5 Å². The number of likely N-dealkylation sites (tertiary alicyclic amines) is 1. The quantitative estimate of drug-likeness (QED) is 0.882. The number of rotatable bonds is 4. The number of nitrogens with one attached hydrogen (secondary N) is 1. The van der Waals surface area contributed by atoms with Gasteiger partial charge in [-0.2, -0.15) is 0 Å². The summed E-state index contributed by atoms with van der Waals surface area (Å²) in [6.07, 6.45) is 1.35. The summed E-state index contributed by atoms with van der Waals surface area (Å²) in [4.78, 5) is 30.0. The fourth-order valence-corrected chi connectivity index (χ4v) is 3.79. The average molecular weight is 350 g/mol. The number of carbonyl (C=O) groups excluding carboxylic acids is 2. The lowest BCUT2D eigenvalue weighted by atomic mass is 9.95. The van der Waals surface area contributed by atoms with Gasteiger partial charge < -0.3 is 11.1 Å². The molecule has 6 nitrogen and oxygen atoms in total. The van der Waals surface area contributed by atoms with Crippen molar-refractivity contribution in [3.8, 4) is 0 Å². The number of halogens is 1. The highest BCUT2D eigenvalue weighted by Crippen LogP contribution is 2.27. The Hall–Kier alpha value is -2.06. The topological polar surface area (TPSA) is 88.3 Å². The van der Waals surface area contributed by atoms with Crippen LogP contribution in [0.4, 0.5) is 9.52 Å². The van der Waals surface area contributed by atoms with Crippen LogP contribution in [0.2, 0.25) is 0 Å². The van der Waals surface area contributed by atoms with Crippen LogP contribution in [-0.4, -0.2) is 40.8 Å². The third kappa shape index (κ3) is 3.54. The van der Waals surface area contributed by atoms with Crippen molar-refractivity contribution < 1.29 is 14.0 Å². The lowest BCUT2D eigenvalue weighted by Crippen LogP contribution is -2.47. The van der Waals surface area contributed by atoms with Gasteiger partial charge in [-0.15, -0.1) is 0 Å². The molecule has 0 spiro atoms. The first-order valence-electron chi connectivity index (χ1n) is 7.84. The summed E-state index contributed by atoms with van der Waals surface area (Å²) in [7, 11) is 0. The van der Waals surface area contributed by atoms with E-state index in [1.807, 2.05) is 11.8 Å². The van der Waals surface area contributed by atoms with Crippen LogP contribution in [0.3, 0.4) is 0 Å². The van der Waals surface area contributed by atoms with E-state index in [9.17, 15) is 14.0 Å². The van der Waals surface area contributed by atoms with Gasteiger partial charge in [-0.25, -0.2) is 9.37 Å². The first-order chi connectivity index (χ1) is 11.4. The molecule has 0 bridgehead atoms. The van der Waals surface area contributed by atoms with Crippen molar-refractivity contribution in [3.05, 3.63) is 24.0 Å². The molecule has 1 aliphatic heterocycles. The maximum Gasteiger partial charge on any atom is 0.243 e. The molecule has 24 heavy (non-hydrogen) atoms. The van der Waals surface area contributed by atoms with Crippen molar-refractivity contribution in [1.82, 2.24) is 9.88 Å². The lowest BCUT2D eigenvalue weighted by Gasteiger charge is -2.34. The van der Waals surface area contributed by atoms with Gasteiger partial charge in [0.05, 0.1) is 16.3 Å². The van der Waals surface area contributed by atoms with Crippen molar-refractivity contribution in [2.45, 2.75) is 25.8 Å². The summed E-state index contributed by atoms with van der Waals surface area (Å²) in [5.41, 5.74) is 5.99. The fraction of sp³-hybridized carbons (Fsp3) is 0.438. The first-order valence-corrected chi connectivity index (χ1v) is 8.66. The van der Waals surface area contributed by atoms with Crippen LogP contribution in [0.5, 0.6) is 0 Å². The highest BCUT2D eigenvalue weighted by atomic mass is 32.1. The minimum atomic E-state index is -0.331. The summed E-state index contributed by atoms with van der Waals surface area (Å²) in [6.45, 7) is 3.15. The molecule has 8 heteroatoms. The van der Waals surface area contributed by atoms with E-state index in [0.717, 1.165) is 0 Å². The van der Waals surface area contributed by atoms with Gasteiger partial charge in [0, 0.05) is 5.92 Å². The van der Waals surface area contributed by atoms with Crippen LogP contribution >= 0.6 is 11.3 Å². The second-order valence-corrected chi connectivity index (χ2v) is 7.04. The van der Waals surface area contributed by atoms with Gasteiger partial charge in [-0.1, -0.05) is 11.3 Å². The third-order valence-corrected chi connectivity index (χ3v) is 5.37. The highest BCUT2D eigenvalue weighted by molar-refractivity contribution is 7.22. The number of hydrogen-bond acceptors (Lipinski definition) is 5. The van der Waals surface area contributed by atoms with Gasteiger partial charge in [0.15, 0.2) is 5.13 Å². The van der Waals surface area contributed by atoms with Crippen molar-refractivity contribution in [3.63, 3.8) is 0 Å². The molecule has 1 aromatic carbocycles. The molecule has 0 radical (unpaired) electrons. The number of primary amides is 1. The molecule has 1 saturated heterocycles. The van der Waals surface area contributed by atoms with E-state index in [2.05, 4.69) is 10.3 Å². The molecule has 1 aromatic heterocycles. The average Bonchev–Trinajstić information content (AvgIpc) is 2.95. The summed E-state index contributed by atoms with van der Waals surface area (Å²) < 4.78 is 13.9. The minimum absolute atomic E-state index is 0.101. The van der Waals surface area contributed by atoms with Crippen molar-refractivity contribution in [2.24, 2.45) is 11.7 Å². The van der Waals surface area contributed by atoms with Crippen LogP contribution in [0, 0.1) is 11.7 Å². The zero-order valence-electron chi connectivity index (χ0n) is 13.3. The zero-order valence-corrected chi connectivity index (χ0v) is 14.1. The predicted molar refractivity (Wildman–Crippen MR) is 91.2 cm³/mol. The Morgan fingerprint density at radius 3 is 2.79 bits per heavy atom. The Kier molecular flexibility index (Phi) is 4.77. The zero-order chi connectivity index (χ0) is 17.3. The number of amides is 2. The maximum atomic E-state index is 13.2. The number of piperidine rings is 1. The van der Waals surface area contributed by atoms with Gasteiger partial charge in [0.1, 0.15) is 5.82 Å². The van der Waals surface area contributed by atoms with E-state index in [0.29, 0.717) is 41.3 Å². The molecule has 1 unspecified atom stereocenters. The van der Waals surface area contributed by atoms with Crippen molar-refractivity contribution >= 4 is 38.5 Å². The summed E-state index contributed by atoms with van der Waals surface area (Å²) in [5, 5.41) is 3.25. The number of hydrogen-bond donors (Lipinski definition) is 2. The number of aromatic nitrogens is 1. The fourth-order valence-electron chi connectivity index (χ4n) is 2.90. The third-order valence-electron chi connectivity index (χ3n) is 4.44. The number of nitrogens with two attached hydrogens (primary N) is 1. The largest absolute Gasteiger partial charge is 0.369 e. The first kappa shape index (κ1) is 16.8. The molecule has 1 atom stereocenters. The Bertz CT molecular complexity index is 771. The van der Waals surface area contributed by atoms with Gasteiger partial charge in [0.25, 0.3) is 0 Å². The van der Waals surface area contributed by atoms with Gasteiger partial charge in [-0.05, 0) is 51.1 Å². The SMILES string of the molecule is CC(C(=O)Nc1nc2ccc(F)cc2s1)N1CCC(C(N)=O)CC1. The molecule has 1 fully saturated rings. The molecule has 0 saturated carbocycles. The monoisotopic (exact) mass is 350 g/mol. The highest BCUT2D eigenvalue weighted by Gasteiger charge is 2.29. The number of fused-ring (bicyclic) bond motifs is 1. The van der Waals surface area contributed by atoms with Crippen LogP contribution in [0.15, 0.2) is 18.2 Å². The number of benzene rings is 1. The van der Waals surface area contributed by atoms with E-state index < -0.39 is 0 Å². The second kappa shape index (κ2) is 6.82. The number of anilines is 1. The Morgan fingerprint density at radius 2 is 2.12 bits per heavy atom. The van der Waals surface area contributed by atoms with Crippen LogP contribution in [-0.2, 0) is 9.59 Å². The second-order valence-electron chi connectivity index (χ2n) is 6.01. The normalized spacial score (nSPS) is 17.8. The Balaban J connectivity index is 1.62. The predicted octanol–water partition coefficient (Wildman–Crippen LogP) is 1.96. The molecule has 2 aromatic rings. The molecular formula is C16H19FN4O2S. The molecule has 128 valence electrons. The smallest absolute Gasteiger partial charge is 0.243 e. The van der Waals surface area contributed by atoms with E-state index in [-0.39, 0.29) is 29.6 Å². The summed E-state index contributed by atoms with van der Waals surface area (Å²) in [6, 6.07) is 4.01. The standard InChI is InChI=1S/C16H19FN4O2S/c1-9(21-6-4-10(5-7-21)14(18)22)15(23)20-16-19-12-3-2-11(17)8-13(12)24-16/h2-3,8-10H,4-7H2,1H3,(H2,18,22)(H,19,20,23). The molecule has 3 N–H and O–H groups in total. The van der Waals surface area contributed by atoms with Gasteiger partial charge in [0.2, 0.25) is 11.8 Å². The molecule has 0 aliphatic carbocycles. The summed E-state index contributed by atoms with van der Waals surface area (Å²) >= 11 is 1.25. The summed E-state index contributed by atoms with van der Waals surface area (Å²) in [5.74, 6) is -0.856. The van der Waals surface area contributed by atoms with Gasteiger partial charge >= 0.3 is 0 Å². The maximum absolute atomic E-state index is 13.2. The minimum Gasteiger partial charge on any atom is -0.369 e. The van der Waals surface area contributed by atoms with Crippen molar-refractivity contribution in [1.29, 1.82) is 0 Å². The number of nitrogens with zero attached hydrogens (tertiary/aromatic N) is 2. The lowest BCUT2D eigenvalue weighted by molar-refractivity contribution is -0.124. The van der Waals surface area contributed by atoms with E-state index in [1.54, 1.807) is 6.07 Å². The Morgan fingerprint density at radius 1 is 1.42 bits per heavy atom. The van der Waals surface area contributed by atoms with E-state index in [4.69, 9.17) is 5.73 Å². The molecule has 2 amide bonds. The number of thiazole rings is 1. The van der Waals surface area contributed by atoms with Crippen LogP contribution in [0.25, 0.3) is 10.2 Å². The number of carbonyl (C=O) groups is 2. The van der Waals surface area contributed by atoms with Crippen molar-refractivity contribution in [2.75, 3.05) is 18.4 Å². The molecule has 1 aliphatic rings. The molecular weight excluding hydrogens is 331 g/mol. The Labute approximate surface area is 142 Å². The van der Waals surface area contributed by atoms with Crippen LogP contribution < -0.4 is 11.1 Å². The van der Waals surface area contributed by atoms with E-state index >= 15 is 0 Å².